The third-order valence-electron chi connectivity index (χ3n) is 2.03. The highest BCUT2D eigenvalue weighted by Gasteiger charge is 2.15. The van der Waals surface area contributed by atoms with Gasteiger partial charge in [-0.1, -0.05) is 28.0 Å². The number of hydrogen-bond acceptors (Lipinski definition) is 5. The molecule has 17 heavy (non-hydrogen) atoms. The van der Waals surface area contributed by atoms with E-state index in [0.717, 1.165) is 18.1 Å². The molecule has 0 aromatic rings. The fourth-order valence-electron chi connectivity index (χ4n) is 1.21. The third kappa shape index (κ3) is 11.9. The van der Waals surface area contributed by atoms with Crippen molar-refractivity contribution in [3.8, 4) is 0 Å². The first-order valence-corrected chi connectivity index (χ1v) is 7.77. The normalized spacial score (nSPS) is 18.3. The first kappa shape index (κ1) is 16.6. The van der Waals surface area contributed by atoms with Crippen molar-refractivity contribution in [2.75, 3.05) is 12.4 Å². The van der Waals surface area contributed by atoms with Crippen LogP contribution in [-0.4, -0.2) is 44.9 Å². The fourth-order valence-corrected chi connectivity index (χ4v) is 4.24. The Morgan fingerprint density at radius 1 is 1.18 bits per heavy atom. The van der Waals surface area contributed by atoms with Crippen LogP contribution in [0.5, 0.6) is 0 Å². The van der Waals surface area contributed by atoms with Gasteiger partial charge < -0.3 is 15.3 Å². The van der Waals surface area contributed by atoms with Crippen molar-refractivity contribution in [2.45, 2.75) is 37.4 Å². The quantitative estimate of drug-likeness (QED) is 0.505. The Balaban J connectivity index is 0.000000437. The zero-order chi connectivity index (χ0) is 13.1. The van der Waals surface area contributed by atoms with Crippen LogP contribution in [0.4, 0.5) is 0 Å². The van der Waals surface area contributed by atoms with Crippen LogP contribution in [-0.2, 0) is 9.59 Å². The number of rotatable bonds is 6. The lowest BCUT2D eigenvalue weighted by Gasteiger charge is -2.04. The van der Waals surface area contributed by atoms with Crippen LogP contribution in [0.1, 0.15) is 32.1 Å². The maximum atomic E-state index is 10.2. The van der Waals surface area contributed by atoms with Crippen LogP contribution >= 0.6 is 21.6 Å². The zero-order valence-corrected chi connectivity index (χ0v) is 11.1. The highest BCUT2D eigenvalue weighted by molar-refractivity contribution is 8.77. The van der Waals surface area contributed by atoms with Gasteiger partial charge in [0, 0.05) is 17.4 Å². The van der Waals surface area contributed by atoms with E-state index in [0.29, 0.717) is 6.42 Å². The molecule has 3 N–H and O–H groups in total. The summed E-state index contributed by atoms with van der Waals surface area (Å²) in [5.41, 5.74) is 0. The number of aliphatic carboxylic acids is 2. The second-order valence-electron chi connectivity index (χ2n) is 3.52. The number of aliphatic hydroxyl groups excluding tert-OH is 1. The Morgan fingerprint density at radius 2 is 1.82 bits per heavy atom. The fraction of sp³-hybridized carbons (Fsp3) is 0.800. The summed E-state index contributed by atoms with van der Waals surface area (Å²) in [4.78, 5) is 19.3. The Bertz CT molecular complexity index is 229. The molecule has 5 nitrogen and oxygen atoms in total. The molecule has 1 fully saturated rings. The monoisotopic (exact) mass is 282 g/mol. The molecule has 1 aliphatic rings. The minimum atomic E-state index is -1.19. The second-order valence-corrected chi connectivity index (χ2v) is 6.31. The van der Waals surface area contributed by atoms with Gasteiger partial charge in [-0.05, 0) is 19.3 Å². The number of hydrogen-bond donors (Lipinski definition) is 3. The molecule has 0 aromatic heterocycles. The summed E-state index contributed by atoms with van der Waals surface area (Å²) in [6.07, 6.45) is 4.76. The van der Waals surface area contributed by atoms with Crippen molar-refractivity contribution in [2.24, 2.45) is 0 Å². The van der Waals surface area contributed by atoms with Crippen molar-refractivity contribution in [3.05, 3.63) is 0 Å². The summed E-state index contributed by atoms with van der Waals surface area (Å²) in [7, 11) is 3.92. The van der Waals surface area contributed by atoms with Gasteiger partial charge in [0.2, 0.25) is 0 Å². The highest BCUT2D eigenvalue weighted by Crippen LogP contribution is 2.39. The van der Waals surface area contributed by atoms with Crippen LogP contribution in [0, 0.1) is 0 Å². The maximum Gasteiger partial charge on any atom is 0.329 e. The van der Waals surface area contributed by atoms with Gasteiger partial charge in [-0.3, -0.25) is 4.79 Å². The molecule has 0 amide bonds. The van der Waals surface area contributed by atoms with Crippen LogP contribution in [0.3, 0.4) is 0 Å². The van der Waals surface area contributed by atoms with E-state index in [9.17, 15) is 4.79 Å². The van der Waals surface area contributed by atoms with E-state index in [1.807, 2.05) is 21.6 Å². The number of carboxylic acid groups (broad SMARTS) is 2. The molecule has 0 aliphatic carbocycles. The van der Waals surface area contributed by atoms with Crippen molar-refractivity contribution in [3.63, 3.8) is 0 Å². The molecular formula is C10H18O5S2. The highest BCUT2D eigenvalue weighted by atomic mass is 33.1. The summed E-state index contributed by atoms with van der Waals surface area (Å²) >= 11 is 0. The molecule has 1 heterocycles. The minimum Gasteiger partial charge on any atom is -0.481 e. The van der Waals surface area contributed by atoms with E-state index in [4.69, 9.17) is 20.1 Å². The molecule has 100 valence electrons. The minimum absolute atomic E-state index is 0.338. The van der Waals surface area contributed by atoms with Crippen molar-refractivity contribution in [1.82, 2.24) is 0 Å². The Kier molecular flexibility index (Phi) is 10.5. The molecule has 1 aliphatic heterocycles. The smallest absolute Gasteiger partial charge is 0.329 e. The number of carbonyl (C=O) groups is 2. The number of unbranched alkanes of at least 4 members (excludes halogenated alkanes) is 1. The van der Waals surface area contributed by atoms with E-state index in [-0.39, 0.29) is 0 Å². The lowest BCUT2D eigenvalue weighted by molar-refractivity contribution is -0.140. The molecule has 0 bridgehead atoms. The molecule has 0 spiro atoms. The molecule has 0 radical (unpaired) electrons. The third-order valence-corrected chi connectivity index (χ3v) is 5.04. The molecular weight excluding hydrogens is 264 g/mol. The van der Waals surface area contributed by atoms with E-state index >= 15 is 0 Å². The molecule has 0 saturated carbocycles. The maximum absolute atomic E-state index is 10.2. The number of carboxylic acids is 2. The second kappa shape index (κ2) is 10.7. The van der Waals surface area contributed by atoms with Gasteiger partial charge in [0.25, 0.3) is 0 Å². The van der Waals surface area contributed by atoms with Crippen LogP contribution in [0.2, 0.25) is 0 Å². The van der Waals surface area contributed by atoms with Crippen molar-refractivity contribution >= 4 is 33.5 Å². The molecule has 1 rings (SSSR count). The molecule has 7 heteroatoms. The van der Waals surface area contributed by atoms with Gasteiger partial charge in [-0.2, -0.15) is 0 Å². The van der Waals surface area contributed by atoms with E-state index in [1.54, 1.807) is 0 Å². The lowest BCUT2D eigenvalue weighted by Crippen LogP contribution is -1.99. The van der Waals surface area contributed by atoms with Crippen LogP contribution in [0.15, 0.2) is 0 Å². The van der Waals surface area contributed by atoms with Gasteiger partial charge in [0.05, 0.1) is 0 Å². The lowest BCUT2D eigenvalue weighted by atomic mass is 10.1. The van der Waals surface area contributed by atoms with Gasteiger partial charge >= 0.3 is 11.9 Å². The largest absolute Gasteiger partial charge is 0.481 e. The van der Waals surface area contributed by atoms with Gasteiger partial charge in [-0.25, -0.2) is 4.79 Å². The van der Waals surface area contributed by atoms with Gasteiger partial charge in [0.1, 0.15) is 6.61 Å². The summed E-state index contributed by atoms with van der Waals surface area (Å²) in [6, 6.07) is 0. The molecule has 1 saturated heterocycles. The predicted octanol–water partition coefficient (Wildman–Crippen LogP) is 1.85. The Morgan fingerprint density at radius 3 is 2.24 bits per heavy atom. The van der Waals surface area contributed by atoms with Crippen molar-refractivity contribution < 1.29 is 24.9 Å². The van der Waals surface area contributed by atoms with Gasteiger partial charge in [0.15, 0.2) is 0 Å². The molecule has 1 atom stereocenters. The summed E-state index contributed by atoms with van der Waals surface area (Å²) in [5, 5.41) is 24.2. The summed E-state index contributed by atoms with van der Waals surface area (Å²) in [6.45, 7) is -0.778. The van der Waals surface area contributed by atoms with E-state index < -0.39 is 18.5 Å². The molecule has 0 unspecified atom stereocenters. The van der Waals surface area contributed by atoms with Gasteiger partial charge in [-0.15, -0.1) is 0 Å². The topological polar surface area (TPSA) is 94.8 Å². The molecule has 0 aromatic carbocycles. The average Bonchev–Trinajstić information content (AvgIpc) is 2.78. The standard InChI is InChI=1S/C8H14O2S2.C2H4O3/c9-8(10)4-2-1-3-7-5-6-11-12-7;3-1-2(4)5/h7H,1-6H2,(H,9,10);3H,1H2,(H,4,5)/t7-;/m1./s1. The first-order chi connectivity index (χ1) is 8.06. The average molecular weight is 282 g/mol. The first-order valence-electron chi connectivity index (χ1n) is 5.39. The van der Waals surface area contributed by atoms with Crippen molar-refractivity contribution in [1.29, 1.82) is 0 Å². The summed E-state index contributed by atoms with van der Waals surface area (Å²) < 4.78 is 0. The van der Waals surface area contributed by atoms with Crippen LogP contribution < -0.4 is 0 Å². The van der Waals surface area contributed by atoms with Crippen LogP contribution in [0.25, 0.3) is 0 Å². The van der Waals surface area contributed by atoms with E-state index in [2.05, 4.69) is 0 Å². The Labute approximate surface area is 108 Å². The predicted molar refractivity (Wildman–Crippen MR) is 69.3 cm³/mol. The number of aliphatic hydroxyl groups is 1. The van der Waals surface area contributed by atoms with E-state index in [1.165, 1.54) is 18.6 Å². The SMILES string of the molecule is O=C(O)CCCC[C@@H]1CCSS1.O=C(O)CO. The Hall–Kier alpha value is -0.400. The summed E-state index contributed by atoms with van der Waals surface area (Å²) in [5.74, 6) is -0.581. The zero-order valence-electron chi connectivity index (χ0n) is 9.50.